The third kappa shape index (κ3) is 4.95. The number of aromatic nitrogens is 2. The van der Waals surface area contributed by atoms with Crippen molar-refractivity contribution in [3.63, 3.8) is 0 Å². The lowest BCUT2D eigenvalue weighted by Gasteiger charge is -2.08. The molecule has 0 aliphatic heterocycles. The number of halogens is 2. The van der Waals surface area contributed by atoms with Crippen LogP contribution in [0.2, 0.25) is 10.0 Å². The Hall–Kier alpha value is -4.08. The number of carbonyl (C=O) groups is 2. The lowest BCUT2D eigenvalue weighted by atomic mass is 9.98. The molecule has 0 radical (unpaired) electrons. The number of nitro groups is 1. The molecule has 170 valence electrons. The van der Waals surface area contributed by atoms with Crippen molar-refractivity contribution >= 4 is 40.6 Å². The zero-order chi connectivity index (χ0) is 24.2. The van der Waals surface area contributed by atoms with E-state index >= 15 is 0 Å². The molecule has 4 aromatic rings. The Balaban J connectivity index is 1.51. The van der Waals surface area contributed by atoms with Crippen molar-refractivity contribution in [2.75, 3.05) is 0 Å². The van der Waals surface area contributed by atoms with Crippen LogP contribution in [0, 0.1) is 10.1 Å². The van der Waals surface area contributed by atoms with E-state index in [0.29, 0.717) is 10.6 Å². The van der Waals surface area contributed by atoms with Crippen LogP contribution in [0.5, 0.6) is 0 Å². The van der Waals surface area contributed by atoms with Crippen LogP contribution >= 0.6 is 23.2 Å². The average Bonchev–Trinajstić information content (AvgIpc) is 3.31. The van der Waals surface area contributed by atoms with Gasteiger partial charge in [0.2, 0.25) is 5.89 Å². The Morgan fingerprint density at radius 1 is 0.971 bits per heavy atom. The van der Waals surface area contributed by atoms with E-state index in [1.54, 1.807) is 36.4 Å². The highest BCUT2D eigenvalue weighted by Gasteiger charge is 2.22. The van der Waals surface area contributed by atoms with Crippen LogP contribution in [0.4, 0.5) is 5.69 Å². The largest absolute Gasteiger partial charge is 0.452 e. The normalized spacial score (nSPS) is 10.6. The van der Waals surface area contributed by atoms with E-state index in [1.807, 2.05) is 0 Å². The molecule has 0 unspecified atom stereocenters. The second kappa shape index (κ2) is 9.82. The summed E-state index contributed by atoms with van der Waals surface area (Å²) in [7, 11) is 0. The molecule has 0 bridgehead atoms. The fourth-order valence-corrected chi connectivity index (χ4v) is 3.35. The number of hydrogen-bond donors (Lipinski definition) is 0. The van der Waals surface area contributed by atoms with Crippen LogP contribution < -0.4 is 0 Å². The third-order valence-electron chi connectivity index (χ3n) is 4.68. The second-order valence-electron chi connectivity index (χ2n) is 6.88. The van der Waals surface area contributed by atoms with Crippen molar-refractivity contribution < 1.29 is 23.7 Å². The minimum atomic E-state index is -0.807. The van der Waals surface area contributed by atoms with E-state index in [0.717, 1.165) is 6.07 Å². The van der Waals surface area contributed by atoms with Crippen molar-refractivity contribution in [2.45, 2.75) is 6.61 Å². The summed E-state index contributed by atoms with van der Waals surface area (Å²) < 4.78 is 10.8. The number of nitro benzene ring substituents is 1. The number of ketones is 1. The lowest BCUT2D eigenvalue weighted by Crippen LogP contribution is -2.13. The molecule has 1 aromatic heterocycles. The highest BCUT2D eigenvalue weighted by molar-refractivity contribution is 6.33. The molecule has 9 nitrogen and oxygen atoms in total. The first-order chi connectivity index (χ1) is 16.3. The van der Waals surface area contributed by atoms with Gasteiger partial charge in [0.25, 0.3) is 11.6 Å². The van der Waals surface area contributed by atoms with Gasteiger partial charge in [0, 0.05) is 27.8 Å². The molecule has 0 fully saturated rings. The van der Waals surface area contributed by atoms with E-state index in [9.17, 15) is 19.7 Å². The molecule has 3 aromatic carbocycles. The summed E-state index contributed by atoms with van der Waals surface area (Å²) in [6.07, 6.45) is 0. The van der Waals surface area contributed by atoms with Gasteiger partial charge in [0.15, 0.2) is 12.4 Å². The van der Waals surface area contributed by atoms with Gasteiger partial charge in [0.1, 0.15) is 5.02 Å². The summed E-state index contributed by atoms with van der Waals surface area (Å²) in [5.41, 5.74) is 0.211. The van der Waals surface area contributed by atoms with Gasteiger partial charge < -0.3 is 9.15 Å². The highest BCUT2D eigenvalue weighted by atomic mass is 35.5. The second-order valence-corrected chi connectivity index (χ2v) is 7.73. The van der Waals surface area contributed by atoms with Crippen molar-refractivity contribution in [3.05, 3.63) is 109 Å². The van der Waals surface area contributed by atoms with Gasteiger partial charge in [-0.2, -0.15) is 0 Å². The summed E-state index contributed by atoms with van der Waals surface area (Å²) in [6.45, 7) is -0.325. The Morgan fingerprint density at radius 3 is 2.38 bits per heavy atom. The molecule has 0 spiro atoms. The zero-order valence-corrected chi connectivity index (χ0v) is 18.6. The van der Waals surface area contributed by atoms with E-state index in [2.05, 4.69) is 10.2 Å². The van der Waals surface area contributed by atoms with E-state index < -0.39 is 22.4 Å². The summed E-state index contributed by atoms with van der Waals surface area (Å²) >= 11 is 11.7. The average molecular weight is 498 g/mol. The number of hydrogen-bond acceptors (Lipinski definition) is 8. The molecule has 4 rings (SSSR count). The third-order valence-corrected chi connectivity index (χ3v) is 5.25. The minimum absolute atomic E-state index is 0.000794. The Kier molecular flexibility index (Phi) is 6.67. The molecule has 0 atom stereocenters. The van der Waals surface area contributed by atoms with Gasteiger partial charge in [-0.05, 0) is 42.5 Å². The molecule has 34 heavy (non-hydrogen) atoms. The van der Waals surface area contributed by atoms with Crippen LogP contribution in [0.3, 0.4) is 0 Å². The number of benzene rings is 3. The molecular weight excluding hydrogens is 485 g/mol. The predicted octanol–water partition coefficient (Wildman–Crippen LogP) is 5.54. The Morgan fingerprint density at radius 2 is 1.68 bits per heavy atom. The van der Waals surface area contributed by atoms with Gasteiger partial charge >= 0.3 is 5.97 Å². The maximum Gasteiger partial charge on any atom is 0.339 e. The molecule has 0 amide bonds. The lowest BCUT2D eigenvalue weighted by molar-refractivity contribution is -0.384. The topological polar surface area (TPSA) is 125 Å². The molecule has 0 aliphatic rings. The smallest absolute Gasteiger partial charge is 0.339 e. The quantitative estimate of drug-likeness (QED) is 0.141. The van der Waals surface area contributed by atoms with Gasteiger partial charge in [-0.15, -0.1) is 10.2 Å². The van der Waals surface area contributed by atoms with E-state index in [-0.39, 0.29) is 40.1 Å². The van der Waals surface area contributed by atoms with Crippen molar-refractivity contribution in [2.24, 2.45) is 0 Å². The van der Waals surface area contributed by atoms with Crippen molar-refractivity contribution in [1.29, 1.82) is 0 Å². The van der Waals surface area contributed by atoms with E-state index in [4.69, 9.17) is 32.4 Å². The summed E-state index contributed by atoms with van der Waals surface area (Å²) in [4.78, 5) is 36.2. The SMILES string of the molecule is O=C(OCc1nnc(-c2ccc(Cl)cc2)o1)c1ccccc1C(=O)c1ccc(Cl)c([N+](=O)[O-])c1. The van der Waals surface area contributed by atoms with Crippen LogP contribution in [0.25, 0.3) is 11.5 Å². The summed E-state index contributed by atoms with van der Waals surface area (Å²) in [5, 5.41) is 19.4. The van der Waals surface area contributed by atoms with Gasteiger partial charge in [-0.1, -0.05) is 41.4 Å². The number of esters is 1. The van der Waals surface area contributed by atoms with Crippen molar-refractivity contribution in [1.82, 2.24) is 10.2 Å². The first-order valence-corrected chi connectivity index (χ1v) is 10.4. The predicted molar refractivity (Wildman–Crippen MR) is 122 cm³/mol. The first kappa shape index (κ1) is 23.1. The summed E-state index contributed by atoms with van der Waals surface area (Å²) in [5.74, 6) is -1.13. The molecule has 11 heteroatoms. The highest BCUT2D eigenvalue weighted by Crippen LogP contribution is 2.27. The number of rotatable bonds is 7. The van der Waals surface area contributed by atoms with Crippen LogP contribution in [-0.2, 0) is 11.3 Å². The van der Waals surface area contributed by atoms with Gasteiger partial charge in [0.05, 0.1) is 10.5 Å². The molecule has 0 N–H and O–H groups in total. The number of ether oxygens (including phenoxy) is 1. The number of nitrogens with zero attached hydrogens (tertiary/aromatic N) is 3. The monoisotopic (exact) mass is 497 g/mol. The van der Waals surface area contributed by atoms with Crippen LogP contribution in [-0.4, -0.2) is 26.9 Å². The molecule has 1 heterocycles. The molecule has 0 saturated heterocycles. The fourth-order valence-electron chi connectivity index (χ4n) is 3.03. The number of carbonyl (C=O) groups excluding carboxylic acids is 2. The van der Waals surface area contributed by atoms with Gasteiger partial charge in [-0.3, -0.25) is 14.9 Å². The van der Waals surface area contributed by atoms with Crippen LogP contribution in [0.1, 0.15) is 32.2 Å². The standard InChI is InChI=1S/C23H13Cl2N3O6/c24-15-8-5-13(6-9-15)22-27-26-20(34-22)12-33-23(30)17-4-2-1-3-16(17)21(29)14-7-10-18(25)19(11-14)28(31)32/h1-11H,12H2. The fraction of sp³-hybridized carbons (Fsp3) is 0.0435. The van der Waals surface area contributed by atoms with Gasteiger partial charge in [-0.25, -0.2) is 4.79 Å². The van der Waals surface area contributed by atoms with Crippen LogP contribution in [0.15, 0.2) is 71.1 Å². The summed E-state index contributed by atoms with van der Waals surface area (Å²) in [6, 6.07) is 16.4. The zero-order valence-electron chi connectivity index (χ0n) is 17.1. The first-order valence-electron chi connectivity index (χ1n) is 9.66. The van der Waals surface area contributed by atoms with E-state index in [1.165, 1.54) is 24.3 Å². The maximum absolute atomic E-state index is 13.0. The molecular formula is C23H13Cl2N3O6. The molecule has 0 aliphatic carbocycles. The minimum Gasteiger partial charge on any atom is -0.452 e. The Labute approximate surface area is 202 Å². The Bertz CT molecular complexity index is 1400. The maximum atomic E-state index is 13.0. The van der Waals surface area contributed by atoms with Crippen molar-refractivity contribution in [3.8, 4) is 11.5 Å². The molecule has 0 saturated carbocycles.